The van der Waals surface area contributed by atoms with Crippen molar-refractivity contribution in [2.75, 3.05) is 0 Å². The van der Waals surface area contributed by atoms with Gasteiger partial charge in [-0.3, -0.25) is 0 Å². The van der Waals surface area contributed by atoms with Gasteiger partial charge in [-0.1, -0.05) is 41.1 Å². The van der Waals surface area contributed by atoms with Crippen LogP contribution in [0.1, 0.15) is 24.5 Å². The summed E-state index contributed by atoms with van der Waals surface area (Å²) in [6, 6.07) is 12.5. The number of nitrogens with two attached hydrogens (primary N) is 1. The Morgan fingerprint density at radius 2 is 1.95 bits per heavy atom. The molecule has 0 spiro atoms. The molecule has 1 atom stereocenters. The normalized spacial score (nSPS) is 12.2. The highest BCUT2D eigenvalue weighted by atomic mass is 79.9. The Kier molecular flexibility index (Phi) is 5.76. The summed E-state index contributed by atoms with van der Waals surface area (Å²) >= 11 is 3.52. The highest BCUT2D eigenvalue weighted by molar-refractivity contribution is 9.10. The highest BCUT2D eigenvalue weighted by Gasteiger charge is 2.08. The Labute approximate surface area is 133 Å². The first-order valence-electron chi connectivity index (χ1n) is 7.00. The first kappa shape index (κ1) is 16.0. The van der Waals surface area contributed by atoms with Crippen LogP contribution >= 0.6 is 15.9 Å². The van der Waals surface area contributed by atoms with Gasteiger partial charge in [0.05, 0.1) is 0 Å². The van der Waals surface area contributed by atoms with Crippen molar-refractivity contribution in [1.29, 1.82) is 0 Å². The third-order valence-electron chi connectivity index (χ3n) is 3.38. The molecule has 0 aliphatic carbocycles. The molecular formula is C17H19BrFNO. The fourth-order valence-electron chi connectivity index (χ4n) is 2.00. The fraction of sp³-hybridized carbons (Fsp3) is 0.294. The average molecular weight is 352 g/mol. The first-order chi connectivity index (χ1) is 10.1. The van der Waals surface area contributed by atoms with E-state index in [1.54, 1.807) is 18.2 Å². The minimum atomic E-state index is -0.247. The van der Waals surface area contributed by atoms with Crippen LogP contribution in [0.2, 0.25) is 0 Å². The third-order valence-corrected chi connectivity index (χ3v) is 4.15. The molecule has 112 valence electrons. The summed E-state index contributed by atoms with van der Waals surface area (Å²) in [7, 11) is 0. The van der Waals surface area contributed by atoms with E-state index in [4.69, 9.17) is 10.5 Å². The van der Waals surface area contributed by atoms with Gasteiger partial charge in [0, 0.05) is 16.1 Å². The lowest BCUT2D eigenvalue weighted by Crippen LogP contribution is -2.21. The molecule has 0 amide bonds. The van der Waals surface area contributed by atoms with Gasteiger partial charge >= 0.3 is 0 Å². The molecule has 0 heterocycles. The maximum absolute atomic E-state index is 13.5. The van der Waals surface area contributed by atoms with E-state index in [0.717, 1.165) is 28.6 Å². The molecule has 2 N–H and O–H groups in total. The molecule has 2 aromatic carbocycles. The van der Waals surface area contributed by atoms with Crippen molar-refractivity contribution < 1.29 is 9.13 Å². The minimum absolute atomic E-state index is 0.128. The lowest BCUT2D eigenvalue weighted by atomic mass is 10.0. The Bertz CT molecular complexity index is 603. The van der Waals surface area contributed by atoms with E-state index < -0.39 is 0 Å². The van der Waals surface area contributed by atoms with Gasteiger partial charge in [-0.2, -0.15) is 0 Å². The molecule has 0 bridgehead atoms. The molecule has 1 unspecified atom stereocenters. The first-order valence-corrected chi connectivity index (χ1v) is 7.79. The second kappa shape index (κ2) is 7.57. The van der Waals surface area contributed by atoms with Crippen LogP contribution in [0, 0.1) is 5.82 Å². The third kappa shape index (κ3) is 4.55. The van der Waals surface area contributed by atoms with E-state index in [1.807, 2.05) is 18.2 Å². The van der Waals surface area contributed by atoms with Crippen LogP contribution in [0.5, 0.6) is 5.75 Å². The number of hydrogen-bond donors (Lipinski definition) is 1. The lowest BCUT2D eigenvalue weighted by Gasteiger charge is -2.13. The highest BCUT2D eigenvalue weighted by Crippen LogP contribution is 2.25. The summed E-state index contributed by atoms with van der Waals surface area (Å²) in [6.07, 6.45) is 1.71. The van der Waals surface area contributed by atoms with Crippen LogP contribution in [0.3, 0.4) is 0 Å². The Hall–Kier alpha value is -1.39. The fourth-order valence-corrected chi connectivity index (χ4v) is 2.41. The van der Waals surface area contributed by atoms with E-state index in [-0.39, 0.29) is 18.5 Å². The standard InChI is InChI=1S/C17H19BrFNO/c1-2-14(20)9-13-10-15(7-8-16(13)18)21-11-12-5-3-4-6-17(12)19/h3-8,10,14H,2,9,11,20H2,1H3. The number of halogens is 2. The molecule has 4 heteroatoms. The van der Waals surface area contributed by atoms with Crippen LogP contribution in [0.4, 0.5) is 4.39 Å². The number of ether oxygens (including phenoxy) is 1. The van der Waals surface area contributed by atoms with Gasteiger partial charge in [-0.25, -0.2) is 4.39 Å². The zero-order chi connectivity index (χ0) is 15.2. The van der Waals surface area contributed by atoms with Crippen LogP contribution in [0.15, 0.2) is 46.9 Å². The van der Waals surface area contributed by atoms with E-state index in [2.05, 4.69) is 22.9 Å². The van der Waals surface area contributed by atoms with Crippen LogP contribution in [-0.2, 0) is 13.0 Å². The van der Waals surface area contributed by atoms with Crippen LogP contribution < -0.4 is 10.5 Å². The molecule has 0 saturated carbocycles. The molecule has 0 radical (unpaired) electrons. The van der Waals surface area contributed by atoms with Crippen molar-refractivity contribution >= 4 is 15.9 Å². The Morgan fingerprint density at radius 3 is 2.67 bits per heavy atom. The van der Waals surface area contributed by atoms with Crippen molar-refractivity contribution in [3.8, 4) is 5.75 Å². The van der Waals surface area contributed by atoms with Gasteiger partial charge in [0.1, 0.15) is 18.2 Å². The molecule has 0 aliphatic heterocycles. The average Bonchev–Trinajstić information content (AvgIpc) is 2.49. The smallest absolute Gasteiger partial charge is 0.129 e. The second-order valence-corrected chi connectivity index (χ2v) is 5.86. The van der Waals surface area contributed by atoms with E-state index in [9.17, 15) is 4.39 Å². The van der Waals surface area contributed by atoms with Crippen molar-refractivity contribution in [2.24, 2.45) is 5.73 Å². The molecule has 0 aliphatic rings. The molecule has 0 fully saturated rings. The zero-order valence-electron chi connectivity index (χ0n) is 12.0. The molecule has 21 heavy (non-hydrogen) atoms. The molecule has 0 aromatic heterocycles. The summed E-state index contributed by atoms with van der Waals surface area (Å²) in [4.78, 5) is 0. The van der Waals surface area contributed by atoms with Gasteiger partial charge in [0.2, 0.25) is 0 Å². The van der Waals surface area contributed by atoms with Crippen molar-refractivity contribution in [3.05, 3.63) is 63.9 Å². The maximum Gasteiger partial charge on any atom is 0.129 e. The summed E-state index contributed by atoms with van der Waals surface area (Å²) in [5.41, 5.74) is 7.65. The van der Waals surface area contributed by atoms with Gasteiger partial charge in [0.25, 0.3) is 0 Å². The van der Waals surface area contributed by atoms with Crippen LogP contribution in [-0.4, -0.2) is 6.04 Å². The minimum Gasteiger partial charge on any atom is -0.489 e. The summed E-state index contributed by atoms with van der Waals surface area (Å²) in [5.74, 6) is 0.475. The van der Waals surface area contributed by atoms with Gasteiger partial charge in [-0.15, -0.1) is 0 Å². The molecule has 0 saturated heterocycles. The largest absolute Gasteiger partial charge is 0.489 e. The van der Waals surface area contributed by atoms with E-state index in [0.29, 0.717) is 5.56 Å². The van der Waals surface area contributed by atoms with Gasteiger partial charge in [-0.05, 0) is 42.7 Å². The maximum atomic E-state index is 13.5. The lowest BCUT2D eigenvalue weighted by molar-refractivity contribution is 0.299. The Balaban J connectivity index is 2.07. The quantitative estimate of drug-likeness (QED) is 0.834. The monoisotopic (exact) mass is 351 g/mol. The van der Waals surface area contributed by atoms with Crippen molar-refractivity contribution in [2.45, 2.75) is 32.4 Å². The number of hydrogen-bond acceptors (Lipinski definition) is 2. The SMILES string of the molecule is CCC(N)Cc1cc(OCc2ccccc2F)ccc1Br. The number of benzene rings is 2. The van der Waals surface area contributed by atoms with Gasteiger partial charge < -0.3 is 10.5 Å². The topological polar surface area (TPSA) is 35.2 Å². The predicted molar refractivity (Wildman–Crippen MR) is 86.8 cm³/mol. The number of rotatable bonds is 6. The summed E-state index contributed by atoms with van der Waals surface area (Å²) in [6.45, 7) is 2.28. The Morgan fingerprint density at radius 1 is 1.19 bits per heavy atom. The summed E-state index contributed by atoms with van der Waals surface area (Å²) in [5, 5.41) is 0. The van der Waals surface area contributed by atoms with Gasteiger partial charge in [0.15, 0.2) is 0 Å². The molecule has 2 aromatic rings. The van der Waals surface area contributed by atoms with Crippen LogP contribution in [0.25, 0.3) is 0 Å². The predicted octanol–water partition coefficient (Wildman–Crippen LogP) is 4.45. The zero-order valence-corrected chi connectivity index (χ0v) is 13.6. The summed E-state index contributed by atoms with van der Waals surface area (Å²) < 4.78 is 20.2. The van der Waals surface area contributed by atoms with Crippen molar-refractivity contribution in [3.63, 3.8) is 0 Å². The molecule has 2 nitrogen and oxygen atoms in total. The van der Waals surface area contributed by atoms with Crippen molar-refractivity contribution in [1.82, 2.24) is 0 Å². The second-order valence-electron chi connectivity index (χ2n) is 5.01. The molecular weight excluding hydrogens is 333 g/mol. The van der Waals surface area contributed by atoms with E-state index in [1.165, 1.54) is 6.07 Å². The van der Waals surface area contributed by atoms with E-state index >= 15 is 0 Å². The molecule has 2 rings (SSSR count).